The lowest BCUT2D eigenvalue weighted by Gasteiger charge is -2.17. The summed E-state index contributed by atoms with van der Waals surface area (Å²) in [6.45, 7) is 2.80. The first-order chi connectivity index (χ1) is 10.2. The normalized spacial score (nSPS) is 18.7. The number of aryl methyl sites for hydroxylation is 1. The van der Waals surface area contributed by atoms with Crippen molar-refractivity contribution in [2.24, 2.45) is 12.2 Å². The highest BCUT2D eigenvalue weighted by Crippen LogP contribution is 2.43. The Morgan fingerprint density at radius 2 is 1.83 bits per heavy atom. The van der Waals surface area contributed by atoms with Gasteiger partial charge in [0.05, 0.1) is 0 Å². The second-order valence-electron chi connectivity index (χ2n) is 5.60. The smallest absolute Gasteiger partial charge is 0.389 e. The summed E-state index contributed by atoms with van der Waals surface area (Å²) in [5, 5.41) is 0.155. The summed E-state index contributed by atoms with van der Waals surface area (Å²) in [5.41, 5.74) is -4.86. The lowest BCUT2D eigenvalue weighted by Crippen LogP contribution is -2.35. The van der Waals surface area contributed by atoms with Crippen LogP contribution in [0, 0.1) is 0 Å². The van der Waals surface area contributed by atoms with Gasteiger partial charge in [-0.2, -0.15) is 27.1 Å². The van der Waals surface area contributed by atoms with Gasteiger partial charge >= 0.3 is 11.4 Å². The Kier molecular flexibility index (Phi) is 3.75. The van der Waals surface area contributed by atoms with Crippen molar-refractivity contribution in [1.82, 2.24) is 9.78 Å². The zero-order valence-corrected chi connectivity index (χ0v) is 13.0. The van der Waals surface area contributed by atoms with Crippen molar-refractivity contribution in [2.45, 2.75) is 37.3 Å². The van der Waals surface area contributed by atoms with Crippen molar-refractivity contribution in [3.63, 3.8) is 0 Å². The summed E-state index contributed by atoms with van der Waals surface area (Å²) >= 11 is 0. The van der Waals surface area contributed by atoms with Crippen molar-refractivity contribution < 1.29 is 35.2 Å². The van der Waals surface area contributed by atoms with Gasteiger partial charge in [0, 0.05) is 19.7 Å². The fraction of sp³-hybridized carbons (Fsp3) is 0.636. The first-order valence-electron chi connectivity index (χ1n) is 6.17. The van der Waals surface area contributed by atoms with Gasteiger partial charge in [0.2, 0.25) is 0 Å². The lowest BCUT2D eigenvalue weighted by molar-refractivity contribution is -0.140. The molecule has 0 saturated heterocycles. The molecule has 0 N–H and O–H groups in total. The number of hydrogen-bond acceptors (Lipinski definition) is 5. The summed E-state index contributed by atoms with van der Waals surface area (Å²) in [4.78, 5) is 4.70. The second kappa shape index (κ2) is 4.89. The van der Waals surface area contributed by atoms with E-state index in [2.05, 4.69) is 10.3 Å². The maximum Gasteiger partial charge on any atom is 0.419 e. The van der Waals surface area contributed by atoms with Crippen LogP contribution in [-0.2, 0) is 33.2 Å². The predicted molar refractivity (Wildman–Crippen MR) is 68.2 cm³/mol. The first-order valence-corrected chi connectivity index (χ1v) is 7.65. The Morgan fingerprint density at radius 3 is 2.26 bits per heavy atom. The van der Waals surface area contributed by atoms with Crippen LogP contribution in [0.2, 0.25) is 0 Å². The molecule has 0 aliphatic carbocycles. The summed E-state index contributed by atoms with van der Waals surface area (Å²) in [7, 11) is -4.54. The molecule has 0 saturated carbocycles. The van der Waals surface area contributed by atoms with Gasteiger partial charge in [-0.3, -0.25) is 4.68 Å². The fourth-order valence-electron chi connectivity index (χ4n) is 1.93. The fourth-order valence-corrected chi connectivity index (χ4v) is 3.31. The Morgan fingerprint density at radius 1 is 1.26 bits per heavy atom. The van der Waals surface area contributed by atoms with Crippen LogP contribution in [0.1, 0.15) is 31.5 Å². The molecule has 0 fully saturated rings. The van der Waals surface area contributed by atoms with Gasteiger partial charge in [-0.25, -0.2) is 8.42 Å². The number of nitrogens with zero attached hydrogens (tertiary/aromatic N) is 3. The minimum atomic E-state index is -5.52. The topological polar surface area (TPSA) is 73.5 Å². The van der Waals surface area contributed by atoms with Gasteiger partial charge in [-0.15, -0.1) is 0 Å². The van der Waals surface area contributed by atoms with Gasteiger partial charge in [0.15, 0.2) is 10.7 Å². The van der Waals surface area contributed by atoms with Gasteiger partial charge in [-0.05, 0) is 13.8 Å². The Bertz CT molecular complexity index is 764. The molecule has 1 aliphatic rings. The molecule has 2 heterocycles. The van der Waals surface area contributed by atoms with Gasteiger partial charge in [0.25, 0.3) is 9.84 Å². The largest absolute Gasteiger partial charge is 0.419 e. The molecule has 12 heteroatoms. The highest BCUT2D eigenvalue weighted by molar-refractivity contribution is 8.06. The maximum atomic E-state index is 14.3. The molecule has 0 radical (unpaired) electrons. The van der Waals surface area contributed by atoms with Gasteiger partial charge in [0.1, 0.15) is 11.2 Å². The third-order valence-electron chi connectivity index (χ3n) is 3.03. The van der Waals surface area contributed by atoms with Crippen LogP contribution in [0.15, 0.2) is 11.4 Å². The highest BCUT2D eigenvalue weighted by atomic mass is 32.2. The summed E-state index contributed by atoms with van der Waals surface area (Å²) in [6.07, 6.45) is -5.38. The Hall–Kier alpha value is -1.72. The molecule has 0 bridgehead atoms. The third-order valence-corrected chi connectivity index (χ3v) is 4.74. The molecule has 0 unspecified atom stereocenters. The van der Waals surface area contributed by atoms with E-state index in [1.165, 1.54) is 13.8 Å². The number of sulfone groups is 1. The lowest BCUT2D eigenvalue weighted by atomic mass is 10.1. The molecule has 0 atom stereocenters. The van der Waals surface area contributed by atoms with Crippen LogP contribution in [-0.4, -0.2) is 28.8 Å². The van der Waals surface area contributed by atoms with Gasteiger partial charge < -0.3 is 4.84 Å². The minimum Gasteiger partial charge on any atom is -0.389 e. The SMILES string of the molecule is Cn1cc(C(F)(F)F)c(C(F)(F)S(=O)(=O)C2=NOC(C)(C)C2)n1. The minimum absolute atomic E-state index is 0.287. The average molecular weight is 361 g/mol. The van der Waals surface area contributed by atoms with Crippen molar-refractivity contribution in [3.05, 3.63) is 17.5 Å². The van der Waals surface area contributed by atoms with E-state index in [9.17, 15) is 30.4 Å². The van der Waals surface area contributed by atoms with E-state index < -0.39 is 49.6 Å². The van der Waals surface area contributed by atoms with Crippen molar-refractivity contribution in [2.75, 3.05) is 0 Å². The van der Waals surface area contributed by atoms with E-state index >= 15 is 0 Å². The van der Waals surface area contributed by atoms with Crippen LogP contribution in [0.5, 0.6) is 0 Å². The highest BCUT2D eigenvalue weighted by Gasteiger charge is 2.58. The molecule has 0 amide bonds. The number of hydrogen-bond donors (Lipinski definition) is 0. The molecule has 6 nitrogen and oxygen atoms in total. The van der Waals surface area contributed by atoms with E-state index in [1.807, 2.05) is 0 Å². The molecule has 0 spiro atoms. The number of aromatic nitrogens is 2. The van der Waals surface area contributed by atoms with E-state index in [4.69, 9.17) is 4.84 Å². The summed E-state index contributed by atoms with van der Waals surface area (Å²) in [6, 6.07) is 0. The van der Waals surface area contributed by atoms with E-state index in [1.54, 1.807) is 0 Å². The zero-order valence-electron chi connectivity index (χ0n) is 12.1. The summed E-state index contributed by atoms with van der Waals surface area (Å²) in [5.74, 6) is 0. The Labute approximate surface area is 127 Å². The molecule has 1 aromatic rings. The molecule has 2 rings (SSSR count). The monoisotopic (exact) mass is 361 g/mol. The van der Waals surface area contributed by atoms with Crippen LogP contribution < -0.4 is 0 Å². The maximum absolute atomic E-state index is 14.3. The van der Waals surface area contributed by atoms with Crippen LogP contribution >= 0.6 is 0 Å². The molecular formula is C11H12F5N3O3S. The molecule has 0 aromatic carbocycles. The Balaban J connectivity index is 2.55. The zero-order chi connectivity index (χ0) is 17.8. The molecule has 1 aliphatic heterocycles. The molecule has 130 valence electrons. The number of halogens is 5. The van der Waals surface area contributed by atoms with Crippen LogP contribution in [0.25, 0.3) is 0 Å². The third kappa shape index (κ3) is 2.91. The van der Waals surface area contributed by atoms with E-state index in [-0.39, 0.29) is 6.20 Å². The van der Waals surface area contributed by atoms with Crippen molar-refractivity contribution in [3.8, 4) is 0 Å². The summed E-state index contributed by atoms with van der Waals surface area (Å²) < 4.78 is 91.8. The van der Waals surface area contributed by atoms with Crippen LogP contribution in [0.4, 0.5) is 22.0 Å². The molecular weight excluding hydrogens is 349 g/mol. The van der Waals surface area contributed by atoms with E-state index in [0.29, 0.717) is 4.68 Å². The number of rotatable bonds is 2. The second-order valence-corrected chi connectivity index (χ2v) is 7.59. The molecule has 23 heavy (non-hydrogen) atoms. The first kappa shape index (κ1) is 17.6. The van der Waals surface area contributed by atoms with Crippen molar-refractivity contribution in [1.29, 1.82) is 0 Å². The van der Waals surface area contributed by atoms with Crippen molar-refractivity contribution >= 4 is 14.9 Å². The standard InChI is InChI=1S/C11H12F5N3O3S/c1-9(2)4-7(18-22-9)23(20,21)11(15,16)8-6(10(12,13)14)5-19(3)17-8/h5H,4H2,1-3H3. The van der Waals surface area contributed by atoms with Gasteiger partial charge in [-0.1, -0.05) is 5.16 Å². The predicted octanol–water partition coefficient (Wildman–Crippen LogP) is 2.42. The number of oxime groups is 1. The molecule has 1 aromatic heterocycles. The van der Waals surface area contributed by atoms with Crippen LogP contribution in [0.3, 0.4) is 0 Å². The average Bonchev–Trinajstić information content (AvgIpc) is 2.92. The number of alkyl halides is 5. The van der Waals surface area contributed by atoms with E-state index in [0.717, 1.165) is 7.05 Å². The quantitative estimate of drug-likeness (QED) is 0.759.